The second-order valence-corrected chi connectivity index (χ2v) is 10.3. The van der Waals surface area contributed by atoms with Crippen LogP contribution in [-0.4, -0.2) is 28.3 Å². The lowest BCUT2D eigenvalue weighted by Gasteiger charge is -2.18. The van der Waals surface area contributed by atoms with E-state index < -0.39 is 17.0 Å². The van der Waals surface area contributed by atoms with Crippen LogP contribution in [-0.2, 0) is 9.53 Å². The molecule has 0 spiro atoms. The van der Waals surface area contributed by atoms with Crippen LogP contribution in [0.15, 0.2) is 24.3 Å². The van der Waals surface area contributed by atoms with Crippen molar-refractivity contribution < 1.29 is 29.1 Å². The molecular weight excluding hydrogens is 486 g/mol. The van der Waals surface area contributed by atoms with E-state index in [2.05, 4.69) is 13.8 Å². The highest BCUT2D eigenvalue weighted by Crippen LogP contribution is 2.22. The Labute approximate surface area is 228 Å². The van der Waals surface area contributed by atoms with Crippen LogP contribution in [0.1, 0.15) is 129 Å². The number of nitro groups is 1. The van der Waals surface area contributed by atoms with Crippen LogP contribution in [0.5, 0.6) is 5.75 Å². The maximum atomic E-state index is 12.3. The summed E-state index contributed by atoms with van der Waals surface area (Å²) in [7, 11) is 0. The van der Waals surface area contributed by atoms with Gasteiger partial charge in [0.05, 0.1) is 10.8 Å². The molecule has 1 N–H and O–H groups in total. The molecule has 0 aliphatic heterocycles. The van der Waals surface area contributed by atoms with Gasteiger partial charge in [-0.05, 0) is 50.7 Å². The van der Waals surface area contributed by atoms with Crippen LogP contribution < -0.4 is 4.74 Å². The standard InChI is InChI=1S/C30H49NO7/c1-3-5-7-10-13-17-25(29(32)33)18-14-11-9-12-16-20-27(19-15-8-6-4-2)37-30(34)38-28-23-21-26(22-24-28)31(35)36/h21-25,27H,3-20H2,1-2H3,(H,32,33). The van der Waals surface area contributed by atoms with E-state index in [0.717, 1.165) is 96.3 Å². The van der Waals surface area contributed by atoms with Gasteiger partial charge in [0.1, 0.15) is 11.9 Å². The molecule has 0 aliphatic carbocycles. The lowest BCUT2D eigenvalue weighted by molar-refractivity contribution is -0.384. The summed E-state index contributed by atoms with van der Waals surface area (Å²) >= 11 is 0. The van der Waals surface area contributed by atoms with Crippen molar-refractivity contribution in [2.75, 3.05) is 0 Å². The molecule has 0 radical (unpaired) electrons. The second-order valence-electron chi connectivity index (χ2n) is 10.3. The fourth-order valence-corrected chi connectivity index (χ4v) is 4.63. The lowest BCUT2D eigenvalue weighted by atomic mass is 9.94. The quantitative estimate of drug-likeness (QED) is 0.0488. The highest BCUT2D eigenvalue weighted by molar-refractivity contribution is 5.69. The Kier molecular flexibility index (Phi) is 18.7. The van der Waals surface area contributed by atoms with Crippen LogP contribution in [0, 0.1) is 16.0 Å². The number of carboxylic acid groups (broad SMARTS) is 1. The number of rotatable bonds is 23. The summed E-state index contributed by atoms with van der Waals surface area (Å²) in [5.41, 5.74) is -0.0691. The number of unbranched alkanes of at least 4 members (excludes halogenated alkanes) is 11. The number of carbonyl (C=O) groups excluding carboxylic acids is 1. The van der Waals surface area contributed by atoms with E-state index in [1.807, 2.05) is 0 Å². The van der Waals surface area contributed by atoms with Crippen LogP contribution >= 0.6 is 0 Å². The first kappa shape index (κ1) is 33.4. The number of carbonyl (C=O) groups is 2. The van der Waals surface area contributed by atoms with E-state index >= 15 is 0 Å². The summed E-state index contributed by atoms with van der Waals surface area (Å²) in [5.74, 6) is -0.672. The van der Waals surface area contributed by atoms with Crippen molar-refractivity contribution in [3.8, 4) is 5.75 Å². The van der Waals surface area contributed by atoms with E-state index in [1.54, 1.807) is 0 Å². The summed E-state index contributed by atoms with van der Waals surface area (Å²) in [6.45, 7) is 4.33. The lowest BCUT2D eigenvalue weighted by Crippen LogP contribution is -2.21. The maximum absolute atomic E-state index is 12.3. The van der Waals surface area contributed by atoms with Crippen LogP contribution in [0.2, 0.25) is 0 Å². The van der Waals surface area contributed by atoms with Crippen LogP contribution in [0.3, 0.4) is 0 Å². The van der Waals surface area contributed by atoms with Gasteiger partial charge in [0.25, 0.3) is 5.69 Å². The number of nitro benzene ring substituents is 1. The zero-order chi connectivity index (χ0) is 28.0. The van der Waals surface area contributed by atoms with Gasteiger partial charge in [-0.2, -0.15) is 0 Å². The average molecular weight is 536 g/mol. The average Bonchev–Trinajstić information content (AvgIpc) is 2.89. The van der Waals surface area contributed by atoms with Crippen LogP contribution in [0.4, 0.5) is 10.5 Å². The number of hydrogen-bond acceptors (Lipinski definition) is 6. The summed E-state index contributed by atoms with van der Waals surface area (Å²) in [6, 6.07) is 5.35. The number of hydrogen-bond donors (Lipinski definition) is 1. The van der Waals surface area contributed by atoms with Crippen molar-refractivity contribution in [3.05, 3.63) is 34.4 Å². The van der Waals surface area contributed by atoms with Crippen molar-refractivity contribution in [1.29, 1.82) is 0 Å². The van der Waals surface area contributed by atoms with Gasteiger partial charge in [0, 0.05) is 12.1 Å². The summed E-state index contributed by atoms with van der Waals surface area (Å²) in [4.78, 5) is 34.2. The van der Waals surface area contributed by atoms with Gasteiger partial charge >= 0.3 is 12.1 Å². The number of carboxylic acids is 1. The fraction of sp³-hybridized carbons (Fsp3) is 0.733. The molecule has 0 saturated heterocycles. The summed E-state index contributed by atoms with van der Waals surface area (Å²) < 4.78 is 10.8. The Bertz CT molecular complexity index is 781. The largest absolute Gasteiger partial charge is 0.514 e. The molecule has 216 valence electrons. The molecule has 0 fully saturated rings. The smallest absolute Gasteiger partial charge is 0.481 e. The van der Waals surface area contributed by atoms with E-state index in [-0.39, 0.29) is 23.5 Å². The minimum absolute atomic E-state index is 0.0691. The van der Waals surface area contributed by atoms with Gasteiger partial charge in [-0.25, -0.2) is 4.79 Å². The molecule has 0 amide bonds. The topological polar surface area (TPSA) is 116 Å². The van der Waals surface area contributed by atoms with Crippen molar-refractivity contribution in [2.45, 2.75) is 136 Å². The molecular formula is C30H49NO7. The molecule has 0 aromatic heterocycles. The minimum Gasteiger partial charge on any atom is -0.481 e. The first-order chi connectivity index (χ1) is 18.4. The van der Waals surface area contributed by atoms with Gasteiger partial charge in [0.2, 0.25) is 0 Å². The Morgan fingerprint density at radius 2 is 1.21 bits per heavy atom. The SMILES string of the molecule is CCCCCCCC(CCCCCCCC(CCCCCC)OC(=O)Oc1ccc([N+](=O)[O-])cc1)C(=O)O. The number of nitrogens with zero attached hydrogens (tertiary/aromatic N) is 1. The third-order valence-corrected chi connectivity index (χ3v) is 6.98. The number of non-ortho nitro benzene ring substituents is 1. The second kappa shape index (κ2) is 21.3. The molecule has 38 heavy (non-hydrogen) atoms. The molecule has 8 nitrogen and oxygen atoms in total. The highest BCUT2D eigenvalue weighted by Gasteiger charge is 2.18. The van der Waals surface area contributed by atoms with Crippen molar-refractivity contribution in [2.24, 2.45) is 5.92 Å². The number of ether oxygens (including phenoxy) is 2. The molecule has 0 heterocycles. The van der Waals surface area contributed by atoms with Crippen LogP contribution in [0.25, 0.3) is 0 Å². The van der Waals surface area contributed by atoms with E-state index in [9.17, 15) is 24.8 Å². The summed E-state index contributed by atoms with van der Waals surface area (Å²) in [5, 5.41) is 20.3. The van der Waals surface area contributed by atoms with E-state index in [0.29, 0.717) is 0 Å². The highest BCUT2D eigenvalue weighted by atomic mass is 16.7. The molecule has 2 atom stereocenters. The molecule has 0 aliphatic rings. The zero-order valence-corrected chi connectivity index (χ0v) is 23.5. The van der Waals surface area contributed by atoms with E-state index in [4.69, 9.17) is 9.47 Å². The molecule has 8 heteroatoms. The normalized spacial score (nSPS) is 12.6. The summed E-state index contributed by atoms with van der Waals surface area (Å²) in [6.07, 6.45) is 17.1. The predicted molar refractivity (Wildman–Crippen MR) is 150 cm³/mol. The molecule has 2 unspecified atom stereocenters. The van der Waals surface area contributed by atoms with Gasteiger partial charge < -0.3 is 14.6 Å². The van der Waals surface area contributed by atoms with Gasteiger partial charge in [-0.15, -0.1) is 0 Å². The molecule has 1 aromatic rings. The van der Waals surface area contributed by atoms with Crippen molar-refractivity contribution >= 4 is 17.8 Å². The zero-order valence-electron chi connectivity index (χ0n) is 23.5. The third kappa shape index (κ3) is 16.3. The number of benzene rings is 1. The Hall–Kier alpha value is -2.64. The van der Waals surface area contributed by atoms with Gasteiger partial charge in [-0.1, -0.05) is 90.9 Å². The van der Waals surface area contributed by atoms with Crippen molar-refractivity contribution in [1.82, 2.24) is 0 Å². The first-order valence-electron chi connectivity index (χ1n) is 14.7. The molecule has 0 bridgehead atoms. The molecule has 1 aromatic carbocycles. The fourth-order valence-electron chi connectivity index (χ4n) is 4.63. The molecule has 0 saturated carbocycles. The monoisotopic (exact) mass is 535 g/mol. The Balaban J connectivity index is 2.35. The van der Waals surface area contributed by atoms with E-state index in [1.165, 1.54) is 43.5 Å². The number of aliphatic carboxylic acids is 1. The predicted octanol–water partition coefficient (Wildman–Crippen LogP) is 9.24. The Morgan fingerprint density at radius 3 is 1.68 bits per heavy atom. The molecule has 1 rings (SSSR count). The van der Waals surface area contributed by atoms with Gasteiger partial charge in [-0.3, -0.25) is 14.9 Å². The maximum Gasteiger partial charge on any atom is 0.514 e. The van der Waals surface area contributed by atoms with Crippen molar-refractivity contribution in [3.63, 3.8) is 0 Å². The third-order valence-electron chi connectivity index (χ3n) is 6.98. The Morgan fingerprint density at radius 1 is 0.763 bits per heavy atom. The first-order valence-corrected chi connectivity index (χ1v) is 14.7. The van der Waals surface area contributed by atoms with Gasteiger partial charge in [0.15, 0.2) is 0 Å². The minimum atomic E-state index is -0.784.